The standard InChI is InChI=1S/C28H30ClNO3/c1-3-4-5-14-27(31)33-18-17-21-11-7-9-13-26(21)30-22-15-16-24(25(29)19-22)28(32)23-12-8-6-10-20(23)2/h6-13,15-16,19,30H,3-5,14,17-18H2,1-2H3. The summed E-state index contributed by atoms with van der Waals surface area (Å²) in [5, 5.41) is 3.77. The number of aryl methyl sites for hydroxylation is 1. The summed E-state index contributed by atoms with van der Waals surface area (Å²) < 4.78 is 5.39. The van der Waals surface area contributed by atoms with Gasteiger partial charge in [-0.3, -0.25) is 9.59 Å². The first-order valence-corrected chi connectivity index (χ1v) is 11.8. The van der Waals surface area contributed by atoms with Crippen molar-refractivity contribution in [3.63, 3.8) is 0 Å². The van der Waals surface area contributed by atoms with E-state index in [1.54, 1.807) is 12.1 Å². The maximum absolute atomic E-state index is 12.9. The molecule has 0 heterocycles. The van der Waals surface area contributed by atoms with Crippen LogP contribution in [0.25, 0.3) is 0 Å². The van der Waals surface area contributed by atoms with E-state index in [1.165, 1.54) is 0 Å². The molecule has 5 heteroatoms. The third-order valence-electron chi connectivity index (χ3n) is 5.52. The topological polar surface area (TPSA) is 55.4 Å². The Labute approximate surface area is 200 Å². The van der Waals surface area contributed by atoms with Gasteiger partial charge >= 0.3 is 5.97 Å². The number of ketones is 1. The highest BCUT2D eigenvalue weighted by atomic mass is 35.5. The highest BCUT2D eigenvalue weighted by Crippen LogP contribution is 2.28. The summed E-state index contributed by atoms with van der Waals surface area (Å²) in [6.45, 7) is 4.36. The Kier molecular flexibility index (Phi) is 9.08. The molecule has 0 atom stereocenters. The van der Waals surface area contributed by atoms with E-state index in [-0.39, 0.29) is 11.8 Å². The summed E-state index contributed by atoms with van der Waals surface area (Å²) in [7, 11) is 0. The quantitative estimate of drug-likeness (QED) is 0.184. The minimum Gasteiger partial charge on any atom is -0.465 e. The fourth-order valence-electron chi connectivity index (χ4n) is 3.63. The maximum atomic E-state index is 12.9. The van der Waals surface area contributed by atoms with Crippen molar-refractivity contribution in [2.75, 3.05) is 11.9 Å². The van der Waals surface area contributed by atoms with Gasteiger partial charge in [-0.2, -0.15) is 0 Å². The molecule has 0 unspecified atom stereocenters. The average molecular weight is 464 g/mol. The number of benzene rings is 3. The second-order valence-electron chi connectivity index (χ2n) is 8.05. The van der Waals surface area contributed by atoms with Gasteiger partial charge < -0.3 is 10.1 Å². The number of anilines is 2. The van der Waals surface area contributed by atoms with E-state index >= 15 is 0 Å². The highest BCUT2D eigenvalue weighted by Gasteiger charge is 2.15. The van der Waals surface area contributed by atoms with Crippen LogP contribution >= 0.6 is 11.6 Å². The van der Waals surface area contributed by atoms with Gasteiger partial charge in [0.05, 0.1) is 11.6 Å². The molecular formula is C28H30ClNO3. The number of esters is 1. The second-order valence-corrected chi connectivity index (χ2v) is 8.46. The zero-order valence-electron chi connectivity index (χ0n) is 19.2. The molecule has 0 radical (unpaired) electrons. The molecule has 0 spiro atoms. The Balaban J connectivity index is 1.65. The predicted octanol–water partition coefficient (Wildman–Crippen LogP) is 7.29. The molecule has 33 heavy (non-hydrogen) atoms. The number of hydrogen-bond acceptors (Lipinski definition) is 4. The lowest BCUT2D eigenvalue weighted by Crippen LogP contribution is -2.08. The van der Waals surface area contributed by atoms with E-state index in [1.807, 2.05) is 61.5 Å². The van der Waals surface area contributed by atoms with Gasteiger partial charge in [-0.05, 0) is 48.7 Å². The number of halogens is 1. The van der Waals surface area contributed by atoms with Crippen molar-refractivity contribution >= 4 is 34.7 Å². The van der Waals surface area contributed by atoms with Gasteiger partial charge in [0.2, 0.25) is 0 Å². The number of rotatable bonds is 11. The Morgan fingerprint density at radius 2 is 1.70 bits per heavy atom. The highest BCUT2D eigenvalue weighted by molar-refractivity contribution is 6.35. The summed E-state index contributed by atoms with van der Waals surface area (Å²) in [5.41, 5.74) is 4.77. The molecular weight excluding hydrogens is 434 g/mol. The normalized spacial score (nSPS) is 10.6. The molecule has 0 aromatic heterocycles. The molecule has 0 bridgehead atoms. The van der Waals surface area contributed by atoms with Gasteiger partial charge in [-0.25, -0.2) is 0 Å². The largest absolute Gasteiger partial charge is 0.465 e. The van der Waals surface area contributed by atoms with E-state index in [2.05, 4.69) is 12.2 Å². The van der Waals surface area contributed by atoms with Gasteiger partial charge in [0.25, 0.3) is 0 Å². The van der Waals surface area contributed by atoms with Crippen molar-refractivity contribution in [3.05, 3.63) is 94.0 Å². The molecule has 3 rings (SSSR count). The lowest BCUT2D eigenvalue weighted by atomic mass is 9.99. The molecule has 3 aromatic carbocycles. The lowest BCUT2D eigenvalue weighted by molar-refractivity contribution is -0.143. The summed E-state index contributed by atoms with van der Waals surface area (Å²) in [6, 6.07) is 20.7. The van der Waals surface area contributed by atoms with E-state index in [0.29, 0.717) is 35.6 Å². The monoisotopic (exact) mass is 463 g/mol. The van der Waals surface area contributed by atoms with Crippen LogP contribution < -0.4 is 5.32 Å². The molecule has 0 fully saturated rings. The molecule has 0 saturated carbocycles. The minimum absolute atomic E-state index is 0.0918. The number of carbonyl (C=O) groups is 2. The predicted molar refractivity (Wildman–Crippen MR) is 135 cm³/mol. The lowest BCUT2D eigenvalue weighted by Gasteiger charge is -2.14. The number of ether oxygens (including phenoxy) is 1. The van der Waals surface area contributed by atoms with Crippen molar-refractivity contribution in [1.29, 1.82) is 0 Å². The van der Waals surface area contributed by atoms with E-state index in [9.17, 15) is 9.59 Å². The van der Waals surface area contributed by atoms with Crippen LogP contribution in [-0.2, 0) is 16.0 Å². The fraction of sp³-hybridized carbons (Fsp3) is 0.286. The Morgan fingerprint density at radius 1 is 0.939 bits per heavy atom. The molecule has 1 N–H and O–H groups in total. The SMILES string of the molecule is CCCCCC(=O)OCCc1ccccc1Nc1ccc(C(=O)c2ccccc2C)c(Cl)c1. The van der Waals surface area contributed by atoms with Gasteiger partial charge in [0, 0.05) is 35.3 Å². The van der Waals surface area contributed by atoms with Crippen molar-refractivity contribution in [1.82, 2.24) is 0 Å². The first-order chi connectivity index (χ1) is 16.0. The molecule has 0 aliphatic heterocycles. The Hall–Kier alpha value is -3.11. The van der Waals surface area contributed by atoms with Crippen molar-refractivity contribution in [2.45, 2.75) is 46.0 Å². The van der Waals surface area contributed by atoms with E-state index in [4.69, 9.17) is 16.3 Å². The average Bonchev–Trinajstić information content (AvgIpc) is 2.80. The molecule has 3 aromatic rings. The summed E-state index contributed by atoms with van der Waals surface area (Å²) in [4.78, 5) is 24.8. The number of para-hydroxylation sites is 1. The molecule has 0 aliphatic rings. The van der Waals surface area contributed by atoms with Crippen LogP contribution in [0, 0.1) is 6.92 Å². The minimum atomic E-state index is -0.144. The first-order valence-electron chi connectivity index (χ1n) is 11.4. The molecule has 0 saturated heterocycles. The molecule has 172 valence electrons. The number of nitrogens with one attached hydrogen (secondary N) is 1. The fourth-order valence-corrected chi connectivity index (χ4v) is 3.90. The zero-order chi connectivity index (χ0) is 23.6. The molecule has 0 amide bonds. The van der Waals surface area contributed by atoms with Gasteiger partial charge in [0.1, 0.15) is 0 Å². The van der Waals surface area contributed by atoms with E-state index < -0.39 is 0 Å². The van der Waals surface area contributed by atoms with Crippen LogP contribution in [0.4, 0.5) is 11.4 Å². The maximum Gasteiger partial charge on any atom is 0.305 e. The number of carbonyl (C=O) groups excluding carboxylic acids is 2. The summed E-state index contributed by atoms with van der Waals surface area (Å²) >= 11 is 6.48. The third-order valence-corrected chi connectivity index (χ3v) is 5.83. The third kappa shape index (κ3) is 6.93. The van der Waals surface area contributed by atoms with Gasteiger partial charge in [0.15, 0.2) is 5.78 Å². The first kappa shape index (κ1) is 24.5. The van der Waals surface area contributed by atoms with Crippen LogP contribution in [0.15, 0.2) is 66.7 Å². The number of unbranched alkanes of at least 4 members (excludes halogenated alkanes) is 2. The summed E-state index contributed by atoms with van der Waals surface area (Å²) in [6.07, 6.45) is 4.08. The molecule has 0 aliphatic carbocycles. The zero-order valence-corrected chi connectivity index (χ0v) is 20.0. The molecule has 4 nitrogen and oxygen atoms in total. The van der Waals surface area contributed by atoms with Crippen molar-refractivity contribution in [2.24, 2.45) is 0 Å². The van der Waals surface area contributed by atoms with Crippen LogP contribution in [0.5, 0.6) is 0 Å². The van der Waals surface area contributed by atoms with Crippen LogP contribution in [-0.4, -0.2) is 18.4 Å². The number of hydrogen-bond donors (Lipinski definition) is 1. The smallest absolute Gasteiger partial charge is 0.305 e. The van der Waals surface area contributed by atoms with E-state index in [0.717, 1.165) is 41.8 Å². The van der Waals surface area contributed by atoms with Gasteiger partial charge in [-0.15, -0.1) is 0 Å². The van der Waals surface area contributed by atoms with Crippen LogP contribution in [0.2, 0.25) is 5.02 Å². The van der Waals surface area contributed by atoms with Crippen LogP contribution in [0.1, 0.15) is 59.7 Å². The summed E-state index contributed by atoms with van der Waals surface area (Å²) in [5.74, 6) is -0.236. The second kappa shape index (κ2) is 12.2. The Morgan fingerprint density at radius 3 is 2.45 bits per heavy atom. The Bertz CT molecular complexity index is 1110. The van der Waals surface area contributed by atoms with Gasteiger partial charge in [-0.1, -0.05) is 73.8 Å². The van der Waals surface area contributed by atoms with Crippen molar-refractivity contribution in [3.8, 4) is 0 Å². The van der Waals surface area contributed by atoms with Crippen molar-refractivity contribution < 1.29 is 14.3 Å². The van der Waals surface area contributed by atoms with Crippen LogP contribution in [0.3, 0.4) is 0 Å².